The van der Waals surface area contributed by atoms with Gasteiger partial charge in [0.15, 0.2) is 5.75 Å². The summed E-state index contributed by atoms with van der Waals surface area (Å²) < 4.78 is 61.0. The molecular weight excluding hydrogens is 695 g/mol. The van der Waals surface area contributed by atoms with Gasteiger partial charge in [-0.15, -0.1) is 0 Å². The number of ether oxygens (including phenoxy) is 4. The molecule has 0 fully saturated rings. The molecule has 0 spiro atoms. The van der Waals surface area contributed by atoms with Crippen molar-refractivity contribution >= 4 is 35.5 Å². The predicted molar refractivity (Wildman–Crippen MR) is 188 cm³/mol. The molecule has 0 heterocycles. The minimum Gasteiger partial charge on any atom is -0.465 e. The second-order valence-electron chi connectivity index (χ2n) is 11.9. The molecule has 0 N–H and O–H groups in total. The monoisotopic (exact) mass is 733 g/mol. The van der Waals surface area contributed by atoms with Crippen molar-refractivity contribution in [3.05, 3.63) is 119 Å². The molecule has 53 heavy (non-hydrogen) atoms. The molecule has 0 saturated carbocycles. The zero-order chi connectivity index (χ0) is 38.9. The van der Waals surface area contributed by atoms with Crippen LogP contribution in [0.1, 0.15) is 53.4 Å². The van der Waals surface area contributed by atoms with E-state index in [4.69, 9.17) is 18.9 Å². The number of carbonyl (C=O) groups is 5. The van der Waals surface area contributed by atoms with Gasteiger partial charge in [-0.25, -0.2) is 0 Å². The van der Waals surface area contributed by atoms with E-state index in [0.29, 0.717) is 16.7 Å². The maximum absolute atomic E-state index is 13.9. The Balaban J connectivity index is 1.62. The molecule has 278 valence electrons. The molecule has 0 saturated heterocycles. The average Bonchev–Trinajstić information content (AvgIpc) is 3.11. The number of alkyl halides is 3. The smallest absolute Gasteiger partial charge is 0.416 e. The lowest BCUT2D eigenvalue weighted by atomic mass is 9.81. The Morgan fingerprint density at radius 1 is 0.736 bits per heavy atom. The topological polar surface area (TPSA) is 126 Å². The summed E-state index contributed by atoms with van der Waals surface area (Å²) in [7, 11) is 1.43. The zero-order valence-electron chi connectivity index (χ0n) is 29.7. The van der Waals surface area contributed by atoms with Crippen LogP contribution in [0.3, 0.4) is 0 Å². The van der Waals surface area contributed by atoms with Crippen LogP contribution < -0.4 is 9.64 Å². The number of rotatable bonds is 13. The largest absolute Gasteiger partial charge is 0.465 e. The first-order chi connectivity index (χ1) is 25.1. The highest BCUT2D eigenvalue weighted by atomic mass is 19.4. The number of hydrogen-bond donors (Lipinski definition) is 0. The summed E-state index contributed by atoms with van der Waals surface area (Å²) in [5, 5.41) is 0. The van der Waals surface area contributed by atoms with Gasteiger partial charge >= 0.3 is 30.1 Å². The number of hydrogen-bond acceptors (Lipinski definition) is 9. The summed E-state index contributed by atoms with van der Waals surface area (Å²) in [6.07, 6.45) is -4.92. The molecule has 1 amide bonds. The highest BCUT2D eigenvalue weighted by Crippen LogP contribution is 2.35. The molecule has 10 nitrogen and oxygen atoms in total. The molecule has 0 aliphatic carbocycles. The van der Waals surface area contributed by atoms with Crippen LogP contribution in [0.5, 0.6) is 5.75 Å². The van der Waals surface area contributed by atoms with Gasteiger partial charge in [-0.3, -0.25) is 24.0 Å². The molecule has 0 unspecified atom stereocenters. The molecule has 4 aromatic rings. The van der Waals surface area contributed by atoms with Crippen LogP contribution >= 0.6 is 0 Å². The van der Waals surface area contributed by atoms with Crippen molar-refractivity contribution < 1.29 is 56.1 Å². The number of benzene rings is 4. The van der Waals surface area contributed by atoms with Gasteiger partial charge in [0.2, 0.25) is 5.41 Å². The van der Waals surface area contributed by atoms with Gasteiger partial charge in [0, 0.05) is 19.5 Å². The summed E-state index contributed by atoms with van der Waals surface area (Å²) in [6, 6.07) is 21.6. The second kappa shape index (κ2) is 17.0. The van der Waals surface area contributed by atoms with E-state index >= 15 is 0 Å². The van der Waals surface area contributed by atoms with E-state index < -0.39 is 60.0 Å². The molecule has 0 aromatic heterocycles. The van der Waals surface area contributed by atoms with Crippen LogP contribution in [-0.2, 0) is 51.4 Å². The van der Waals surface area contributed by atoms with E-state index in [9.17, 15) is 37.1 Å². The lowest BCUT2D eigenvalue weighted by molar-refractivity contribution is -0.170. The van der Waals surface area contributed by atoms with Crippen molar-refractivity contribution in [2.75, 3.05) is 31.8 Å². The van der Waals surface area contributed by atoms with Crippen LogP contribution in [0.4, 0.5) is 18.9 Å². The Hall–Kier alpha value is -5.98. The van der Waals surface area contributed by atoms with Crippen molar-refractivity contribution in [2.24, 2.45) is 0 Å². The predicted octanol–water partition coefficient (Wildman–Crippen LogP) is 7.03. The third kappa shape index (κ3) is 9.28. The Morgan fingerprint density at radius 3 is 1.92 bits per heavy atom. The summed E-state index contributed by atoms with van der Waals surface area (Å²) in [5.41, 5.74) is -0.574. The van der Waals surface area contributed by atoms with E-state index in [-0.39, 0.29) is 35.8 Å². The molecular formula is C40H38F3NO9. The fourth-order valence-electron chi connectivity index (χ4n) is 5.55. The lowest BCUT2D eigenvalue weighted by Crippen LogP contribution is -2.50. The van der Waals surface area contributed by atoms with Gasteiger partial charge in [0.1, 0.15) is 6.61 Å². The van der Waals surface area contributed by atoms with Crippen molar-refractivity contribution in [1.82, 2.24) is 0 Å². The van der Waals surface area contributed by atoms with Crippen molar-refractivity contribution in [2.45, 2.75) is 45.7 Å². The first-order valence-electron chi connectivity index (χ1n) is 16.6. The number of aryl methyl sites for hydroxylation is 1. The van der Waals surface area contributed by atoms with Gasteiger partial charge in [-0.05, 0) is 73.4 Å². The second-order valence-corrected chi connectivity index (χ2v) is 11.9. The number of nitrogens with zero attached hydrogens (tertiary/aromatic N) is 1. The average molecular weight is 734 g/mol. The van der Waals surface area contributed by atoms with Gasteiger partial charge in [0.05, 0.1) is 30.9 Å². The number of carbonyl (C=O) groups excluding carboxylic acids is 5. The van der Waals surface area contributed by atoms with Crippen molar-refractivity contribution in [3.8, 4) is 16.9 Å². The van der Waals surface area contributed by atoms with Crippen molar-refractivity contribution in [3.63, 3.8) is 0 Å². The molecule has 0 radical (unpaired) electrons. The summed E-state index contributed by atoms with van der Waals surface area (Å²) in [4.78, 5) is 67.1. The molecule has 13 heteroatoms. The SMILES string of the molecule is CCOC(=O)C(COC(=O)Cc1ccc(N(C)C(=O)c2ccc(C)cc2-c2ccc(C(F)(F)F)cc2)c(OC(C)=O)c1)(C(=O)OCC)c1ccccc1. The Bertz CT molecular complexity index is 1960. The number of anilines is 1. The molecule has 0 aliphatic heterocycles. The van der Waals surface area contributed by atoms with Crippen LogP contribution in [-0.4, -0.2) is 56.7 Å². The third-order valence-electron chi connectivity index (χ3n) is 8.19. The maximum Gasteiger partial charge on any atom is 0.416 e. The van der Waals surface area contributed by atoms with E-state index in [1.807, 2.05) is 0 Å². The van der Waals surface area contributed by atoms with Gasteiger partial charge in [-0.1, -0.05) is 66.2 Å². The Labute approximate surface area is 304 Å². The summed E-state index contributed by atoms with van der Waals surface area (Å²) in [5.74, 6) is -4.10. The van der Waals surface area contributed by atoms with Crippen LogP contribution in [0, 0.1) is 6.92 Å². The summed E-state index contributed by atoms with van der Waals surface area (Å²) >= 11 is 0. The van der Waals surface area contributed by atoms with Crippen molar-refractivity contribution in [1.29, 1.82) is 0 Å². The van der Waals surface area contributed by atoms with E-state index in [1.165, 1.54) is 54.4 Å². The standard InChI is InChI=1S/C40H38F3NO9/c1-6-50-37(48)39(38(49)51-7-2,29-11-9-8-10-12-29)24-52-35(46)23-27-14-20-33(34(22-27)53-26(4)45)44(5)36(47)31-19-13-25(3)21-32(31)28-15-17-30(18-16-28)40(41,42)43/h8-22H,6-7,23-24H2,1-5H3. The number of esters is 4. The third-order valence-corrected chi connectivity index (χ3v) is 8.19. The van der Waals surface area contributed by atoms with E-state index in [0.717, 1.165) is 24.6 Å². The Morgan fingerprint density at radius 2 is 1.36 bits per heavy atom. The molecule has 0 aliphatic rings. The van der Waals surface area contributed by atoms with E-state index in [1.54, 1.807) is 57.2 Å². The quantitative estimate of drug-likeness (QED) is 0.0616. The molecule has 4 aromatic carbocycles. The minimum atomic E-state index is -4.53. The van der Waals surface area contributed by atoms with Gasteiger partial charge in [-0.2, -0.15) is 13.2 Å². The van der Waals surface area contributed by atoms with E-state index in [2.05, 4.69) is 0 Å². The highest BCUT2D eigenvalue weighted by molar-refractivity contribution is 6.11. The normalized spacial score (nSPS) is 11.3. The summed E-state index contributed by atoms with van der Waals surface area (Å²) in [6.45, 7) is 5.24. The molecule has 0 bridgehead atoms. The molecule has 0 atom stereocenters. The van der Waals surface area contributed by atoms with Gasteiger partial charge < -0.3 is 23.8 Å². The zero-order valence-corrected chi connectivity index (χ0v) is 29.7. The highest BCUT2D eigenvalue weighted by Gasteiger charge is 2.52. The first-order valence-corrected chi connectivity index (χ1v) is 16.6. The fraction of sp³-hybridized carbons (Fsp3) is 0.275. The number of halogens is 3. The van der Waals surface area contributed by atoms with Crippen LogP contribution in [0.15, 0.2) is 91.0 Å². The fourth-order valence-corrected chi connectivity index (χ4v) is 5.55. The lowest BCUT2D eigenvalue weighted by Gasteiger charge is -2.29. The van der Waals surface area contributed by atoms with Crippen LogP contribution in [0.2, 0.25) is 0 Å². The van der Waals surface area contributed by atoms with Crippen LogP contribution in [0.25, 0.3) is 11.1 Å². The number of amides is 1. The first kappa shape index (κ1) is 39.8. The van der Waals surface area contributed by atoms with Gasteiger partial charge in [0.25, 0.3) is 5.91 Å². The molecule has 4 rings (SSSR count). The minimum absolute atomic E-state index is 0.0523. The Kier molecular flexibility index (Phi) is 12.8. The maximum atomic E-state index is 13.9.